The molecule has 1 aliphatic rings. The van der Waals surface area contributed by atoms with Gasteiger partial charge >= 0.3 is 0 Å². The lowest BCUT2D eigenvalue weighted by atomic mass is 9.80. The largest absolute Gasteiger partial charge is 0.396 e. The lowest BCUT2D eigenvalue weighted by Gasteiger charge is -2.37. The second-order valence-corrected chi connectivity index (χ2v) is 6.80. The number of ether oxygens (including phenoxy) is 1. The van der Waals surface area contributed by atoms with Crippen LogP contribution in [0.15, 0.2) is 60.7 Å². The average molecular weight is 325 g/mol. The first-order valence-corrected chi connectivity index (χ1v) is 8.82. The summed E-state index contributed by atoms with van der Waals surface area (Å²) in [6.45, 7) is 2.53. The first kappa shape index (κ1) is 17.2. The van der Waals surface area contributed by atoms with Crippen LogP contribution in [0.2, 0.25) is 0 Å². The van der Waals surface area contributed by atoms with E-state index in [1.54, 1.807) is 0 Å². The first-order valence-electron chi connectivity index (χ1n) is 8.82. The number of rotatable bonds is 7. The van der Waals surface area contributed by atoms with Gasteiger partial charge in [-0.25, -0.2) is 0 Å². The number of benzene rings is 2. The zero-order valence-corrected chi connectivity index (χ0v) is 14.2. The van der Waals surface area contributed by atoms with Crippen LogP contribution in [0.3, 0.4) is 0 Å². The molecule has 2 aromatic rings. The van der Waals surface area contributed by atoms with Crippen LogP contribution in [-0.2, 0) is 11.2 Å². The molecular weight excluding hydrogens is 298 g/mol. The Balaban J connectivity index is 1.72. The summed E-state index contributed by atoms with van der Waals surface area (Å²) in [5.74, 6) is 0. The third-order valence-electron chi connectivity index (χ3n) is 5.10. The van der Waals surface area contributed by atoms with Crippen LogP contribution in [0.25, 0.3) is 0 Å². The van der Waals surface area contributed by atoms with E-state index in [4.69, 9.17) is 4.74 Å². The number of nitrogens with one attached hydrogen (secondary N) is 1. The maximum atomic E-state index is 9.92. The van der Waals surface area contributed by atoms with E-state index >= 15 is 0 Å². The van der Waals surface area contributed by atoms with Gasteiger partial charge in [-0.15, -0.1) is 0 Å². The molecule has 0 radical (unpaired) electrons. The second-order valence-electron chi connectivity index (χ2n) is 6.80. The van der Waals surface area contributed by atoms with Crippen molar-refractivity contribution < 1.29 is 9.84 Å². The number of aliphatic hydroxyl groups excluding tert-OH is 1. The van der Waals surface area contributed by atoms with Crippen LogP contribution < -0.4 is 5.32 Å². The van der Waals surface area contributed by atoms with Gasteiger partial charge < -0.3 is 15.2 Å². The minimum absolute atomic E-state index is 0.0536. The molecule has 128 valence electrons. The summed E-state index contributed by atoms with van der Waals surface area (Å²) in [4.78, 5) is 0. The highest BCUT2D eigenvalue weighted by Gasteiger charge is 2.32. The van der Waals surface area contributed by atoms with Gasteiger partial charge in [-0.1, -0.05) is 60.7 Å². The van der Waals surface area contributed by atoms with E-state index in [1.807, 2.05) is 0 Å². The topological polar surface area (TPSA) is 41.5 Å². The second kappa shape index (κ2) is 8.43. The van der Waals surface area contributed by atoms with Crippen molar-refractivity contribution in [2.24, 2.45) is 5.41 Å². The van der Waals surface area contributed by atoms with Gasteiger partial charge in [0.2, 0.25) is 0 Å². The third-order valence-corrected chi connectivity index (χ3v) is 5.10. The van der Waals surface area contributed by atoms with Crippen LogP contribution in [-0.4, -0.2) is 31.5 Å². The maximum absolute atomic E-state index is 9.92. The van der Waals surface area contributed by atoms with Crippen molar-refractivity contribution in [2.75, 3.05) is 26.4 Å². The summed E-state index contributed by atoms with van der Waals surface area (Å²) in [6.07, 6.45) is 2.79. The Morgan fingerprint density at radius 1 is 0.958 bits per heavy atom. The molecule has 1 atom stereocenters. The fraction of sp³-hybridized carbons (Fsp3) is 0.429. The SMILES string of the molecule is OCC1(CNC(Cc2ccccc2)c2ccccc2)CCOCC1. The first-order chi connectivity index (χ1) is 11.8. The Kier molecular flexibility index (Phi) is 6.02. The van der Waals surface area contributed by atoms with Crippen molar-refractivity contribution in [3.8, 4) is 0 Å². The lowest BCUT2D eigenvalue weighted by molar-refractivity contribution is -0.0165. The smallest absolute Gasteiger partial charge is 0.0501 e. The molecule has 3 rings (SSSR count). The minimum atomic E-state index is -0.0536. The summed E-state index contributed by atoms with van der Waals surface area (Å²) in [5, 5.41) is 13.6. The molecule has 0 aliphatic carbocycles. The van der Waals surface area contributed by atoms with Gasteiger partial charge in [-0.3, -0.25) is 0 Å². The van der Waals surface area contributed by atoms with E-state index < -0.39 is 0 Å². The molecule has 0 aromatic heterocycles. The average Bonchev–Trinajstić information content (AvgIpc) is 2.67. The summed E-state index contributed by atoms with van der Waals surface area (Å²) in [6, 6.07) is 21.4. The zero-order chi connectivity index (χ0) is 16.7. The molecular formula is C21H27NO2. The summed E-state index contributed by atoms with van der Waals surface area (Å²) >= 11 is 0. The van der Waals surface area contributed by atoms with Gasteiger partial charge in [0.05, 0.1) is 6.61 Å². The van der Waals surface area contributed by atoms with E-state index in [0.29, 0.717) is 0 Å². The molecule has 3 heteroatoms. The van der Waals surface area contributed by atoms with E-state index in [2.05, 4.69) is 66.0 Å². The molecule has 0 spiro atoms. The quantitative estimate of drug-likeness (QED) is 0.820. The van der Waals surface area contributed by atoms with Crippen molar-refractivity contribution in [3.63, 3.8) is 0 Å². The molecule has 1 unspecified atom stereocenters. The highest BCUT2D eigenvalue weighted by molar-refractivity contribution is 5.23. The zero-order valence-electron chi connectivity index (χ0n) is 14.2. The van der Waals surface area contributed by atoms with Gasteiger partial charge in [-0.2, -0.15) is 0 Å². The number of hydrogen-bond acceptors (Lipinski definition) is 3. The van der Waals surface area contributed by atoms with E-state index in [1.165, 1.54) is 11.1 Å². The van der Waals surface area contributed by atoms with Crippen LogP contribution >= 0.6 is 0 Å². The molecule has 0 saturated carbocycles. The predicted molar refractivity (Wildman–Crippen MR) is 96.9 cm³/mol. The molecule has 1 fully saturated rings. The maximum Gasteiger partial charge on any atom is 0.0501 e. The number of aliphatic hydroxyl groups is 1. The summed E-state index contributed by atoms with van der Waals surface area (Å²) in [5.41, 5.74) is 2.56. The fourth-order valence-electron chi connectivity index (χ4n) is 3.38. The molecule has 2 aromatic carbocycles. The summed E-state index contributed by atoms with van der Waals surface area (Å²) in [7, 11) is 0. The van der Waals surface area contributed by atoms with Crippen LogP contribution in [0.4, 0.5) is 0 Å². The molecule has 1 heterocycles. The molecule has 0 amide bonds. The monoisotopic (exact) mass is 325 g/mol. The van der Waals surface area contributed by atoms with Crippen LogP contribution in [0.5, 0.6) is 0 Å². The highest BCUT2D eigenvalue weighted by Crippen LogP contribution is 2.30. The van der Waals surface area contributed by atoms with Crippen LogP contribution in [0.1, 0.15) is 30.0 Å². The van der Waals surface area contributed by atoms with Gasteiger partial charge in [0, 0.05) is 31.2 Å². The Hall–Kier alpha value is -1.68. The molecule has 1 saturated heterocycles. The standard InChI is InChI=1S/C21H27NO2/c23-17-21(11-13-24-14-12-21)16-22-20(19-9-5-2-6-10-19)15-18-7-3-1-4-8-18/h1-10,20,22-23H,11-17H2. The molecule has 0 bridgehead atoms. The van der Waals surface area contributed by atoms with E-state index in [0.717, 1.165) is 39.0 Å². The van der Waals surface area contributed by atoms with Gasteiger partial charge in [0.1, 0.15) is 0 Å². The van der Waals surface area contributed by atoms with Crippen molar-refractivity contribution in [3.05, 3.63) is 71.8 Å². The Morgan fingerprint density at radius 3 is 2.21 bits per heavy atom. The highest BCUT2D eigenvalue weighted by atomic mass is 16.5. The van der Waals surface area contributed by atoms with Crippen molar-refractivity contribution in [2.45, 2.75) is 25.3 Å². The van der Waals surface area contributed by atoms with Crippen molar-refractivity contribution in [1.82, 2.24) is 5.32 Å². The Morgan fingerprint density at radius 2 is 1.58 bits per heavy atom. The van der Waals surface area contributed by atoms with Gasteiger partial charge in [0.15, 0.2) is 0 Å². The normalized spacial score (nSPS) is 18.2. The minimum Gasteiger partial charge on any atom is -0.396 e. The fourth-order valence-corrected chi connectivity index (χ4v) is 3.38. The van der Waals surface area contributed by atoms with Gasteiger partial charge in [0.25, 0.3) is 0 Å². The molecule has 2 N–H and O–H groups in total. The Bertz CT molecular complexity index is 594. The lowest BCUT2D eigenvalue weighted by Crippen LogP contribution is -2.43. The number of hydrogen-bond donors (Lipinski definition) is 2. The van der Waals surface area contributed by atoms with Crippen molar-refractivity contribution >= 4 is 0 Å². The molecule has 24 heavy (non-hydrogen) atoms. The molecule has 1 aliphatic heterocycles. The van der Waals surface area contributed by atoms with Crippen LogP contribution in [0, 0.1) is 5.41 Å². The summed E-state index contributed by atoms with van der Waals surface area (Å²) < 4.78 is 5.47. The van der Waals surface area contributed by atoms with Crippen molar-refractivity contribution in [1.29, 1.82) is 0 Å². The third kappa shape index (κ3) is 4.44. The predicted octanol–water partition coefficient (Wildman–Crippen LogP) is 3.35. The van der Waals surface area contributed by atoms with E-state index in [-0.39, 0.29) is 18.1 Å². The van der Waals surface area contributed by atoms with Gasteiger partial charge in [-0.05, 0) is 30.4 Å². The Labute approximate surface area is 144 Å². The molecule has 3 nitrogen and oxygen atoms in total. The van der Waals surface area contributed by atoms with E-state index in [9.17, 15) is 5.11 Å².